The van der Waals surface area contributed by atoms with Gasteiger partial charge in [-0.1, -0.05) is 6.08 Å². The van der Waals surface area contributed by atoms with Gasteiger partial charge < -0.3 is 0 Å². The zero-order valence-electron chi connectivity index (χ0n) is 6.28. The topological polar surface area (TPSA) is 79.9 Å². The van der Waals surface area contributed by atoms with Gasteiger partial charge in [-0.25, -0.2) is 5.48 Å². The molecule has 12 heavy (non-hydrogen) atoms. The summed E-state index contributed by atoms with van der Waals surface area (Å²) >= 11 is 0. The van der Waals surface area contributed by atoms with Crippen LogP contribution in [0.1, 0.15) is 10.5 Å². The minimum Gasteiger partial charge on any atom is -0.269 e. The van der Waals surface area contributed by atoms with E-state index < -0.39 is 5.91 Å². The SMILES string of the molecule is C=CCONC(=O)c1cn[nH]n1. The number of hydrogen-bond acceptors (Lipinski definition) is 4. The van der Waals surface area contributed by atoms with Crippen molar-refractivity contribution in [3.05, 3.63) is 24.5 Å². The van der Waals surface area contributed by atoms with Crippen LogP contribution < -0.4 is 5.48 Å². The third-order valence-electron chi connectivity index (χ3n) is 1.01. The summed E-state index contributed by atoms with van der Waals surface area (Å²) in [7, 11) is 0. The number of aromatic amines is 1. The minimum absolute atomic E-state index is 0.180. The normalized spacial score (nSPS) is 9.33. The zero-order chi connectivity index (χ0) is 8.81. The molecule has 1 rings (SSSR count). The summed E-state index contributed by atoms with van der Waals surface area (Å²) in [6.07, 6.45) is 2.82. The highest BCUT2D eigenvalue weighted by Gasteiger charge is 2.06. The molecule has 0 saturated carbocycles. The molecule has 0 aromatic carbocycles. The van der Waals surface area contributed by atoms with E-state index in [0.29, 0.717) is 0 Å². The molecule has 1 amide bonds. The van der Waals surface area contributed by atoms with Gasteiger partial charge in [0.15, 0.2) is 5.69 Å². The highest BCUT2D eigenvalue weighted by molar-refractivity contribution is 5.90. The van der Waals surface area contributed by atoms with Gasteiger partial charge in [0.25, 0.3) is 5.91 Å². The van der Waals surface area contributed by atoms with Crippen LogP contribution in [0.5, 0.6) is 0 Å². The number of H-pyrrole nitrogens is 1. The first-order valence-corrected chi connectivity index (χ1v) is 3.23. The van der Waals surface area contributed by atoms with Crippen LogP contribution in [0.2, 0.25) is 0 Å². The Labute approximate surface area is 68.6 Å². The Morgan fingerprint density at radius 2 is 2.75 bits per heavy atom. The van der Waals surface area contributed by atoms with E-state index in [4.69, 9.17) is 0 Å². The summed E-state index contributed by atoms with van der Waals surface area (Å²) in [4.78, 5) is 15.7. The maximum Gasteiger partial charge on any atom is 0.297 e. The smallest absolute Gasteiger partial charge is 0.269 e. The fourth-order valence-corrected chi connectivity index (χ4v) is 0.529. The largest absolute Gasteiger partial charge is 0.297 e. The Balaban J connectivity index is 2.34. The Bertz CT molecular complexity index is 257. The lowest BCUT2D eigenvalue weighted by atomic mass is 10.5. The molecule has 0 aliphatic carbocycles. The van der Waals surface area contributed by atoms with Gasteiger partial charge >= 0.3 is 0 Å². The van der Waals surface area contributed by atoms with Crippen LogP contribution in [0.25, 0.3) is 0 Å². The lowest BCUT2D eigenvalue weighted by molar-refractivity contribution is 0.0417. The zero-order valence-corrected chi connectivity index (χ0v) is 6.28. The highest BCUT2D eigenvalue weighted by Crippen LogP contribution is 1.87. The molecule has 0 aliphatic rings. The second-order valence-corrected chi connectivity index (χ2v) is 1.89. The number of hydrogen-bond donors (Lipinski definition) is 2. The number of rotatable bonds is 4. The molecule has 0 saturated heterocycles. The van der Waals surface area contributed by atoms with E-state index in [1.54, 1.807) is 0 Å². The van der Waals surface area contributed by atoms with Crippen molar-refractivity contribution < 1.29 is 9.63 Å². The fraction of sp³-hybridized carbons (Fsp3) is 0.167. The van der Waals surface area contributed by atoms with Crippen LogP contribution in [0, 0.1) is 0 Å². The lowest BCUT2D eigenvalue weighted by Crippen LogP contribution is -2.24. The van der Waals surface area contributed by atoms with E-state index in [0.717, 1.165) is 0 Å². The van der Waals surface area contributed by atoms with Crippen molar-refractivity contribution in [2.75, 3.05) is 6.61 Å². The quantitative estimate of drug-likeness (QED) is 0.366. The summed E-state index contributed by atoms with van der Waals surface area (Å²) in [5, 5.41) is 9.30. The van der Waals surface area contributed by atoms with E-state index >= 15 is 0 Å². The number of amides is 1. The molecular weight excluding hydrogens is 160 g/mol. The summed E-state index contributed by atoms with van der Waals surface area (Å²) in [5.41, 5.74) is 2.33. The Morgan fingerprint density at radius 1 is 1.92 bits per heavy atom. The maximum atomic E-state index is 11.0. The van der Waals surface area contributed by atoms with Crippen LogP contribution in [0.4, 0.5) is 0 Å². The van der Waals surface area contributed by atoms with Gasteiger partial charge in [-0.15, -0.1) is 6.58 Å². The molecule has 1 aromatic heterocycles. The predicted molar refractivity (Wildman–Crippen MR) is 40.0 cm³/mol. The average Bonchev–Trinajstić information content (AvgIpc) is 2.56. The van der Waals surface area contributed by atoms with Crippen molar-refractivity contribution in [1.29, 1.82) is 0 Å². The van der Waals surface area contributed by atoms with Crippen molar-refractivity contribution in [2.45, 2.75) is 0 Å². The molecule has 2 N–H and O–H groups in total. The van der Waals surface area contributed by atoms with E-state index in [1.165, 1.54) is 12.3 Å². The third-order valence-corrected chi connectivity index (χ3v) is 1.01. The van der Waals surface area contributed by atoms with Gasteiger partial charge in [0.1, 0.15) is 0 Å². The van der Waals surface area contributed by atoms with Crippen LogP contribution in [0.15, 0.2) is 18.9 Å². The first kappa shape index (κ1) is 8.41. The molecular formula is C6H8N4O2. The van der Waals surface area contributed by atoms with Gasteiger partial charge in [0, 0.05) is 0 Å². The van der Waals surface area contributed by atoms with Gasteiger partial charge in [-0.3, -0.25) is 9.63 Å². The molecule has 0 spiro atoms. The van der Waals surface area contributed by atoms with Gasteiger partial charge in [0.05, 0.1) is 12.8 Å². The maximum absolute atomic E-state index is 11.0. The Kier molecular flexibility index (Phi) is 2.97. The van der Waals surface area contributed by atoms with Crippen LogP contribution in [0.3, 0.4) is 0 Å². The molecule has 0 aliphatic heterocycles. The second kappa shape index (κ2) is 4.24. The summed E-state index contributed by atoms with van der Waals surface area (Å²) < 4.78 is 0. The van der Waals surface area contributed by atoms with E-state index in [2.05, 4.69) is 32.3 Å². The number of aromatic nitrogens is 3. The number of carbonyl (C=O) groups excluding carboxylic acids is 1. The fourth-order valence-electron chi connectivity index (χ4n) is 0.529. The molecule has 0 unspecified atom stereocenters. The summed E-state index contributed by atoms with van der Waals surface area (Å²) in [6.45, 7) is 3.66. The molecule has 1 heterocycles. The monoisotopic (exact) mass is 168 g/mol. The molecule has 0 radical (unpaired) electrons. The van der Waals surface area contributed by atoms with Gasteiger partial charge in [-0.2, -0.15) is 15.4 Å². The van der Waals surface area contributed by atoms with Crippen molar-refractivity contribution in [3.8, 4) is 0 Å². The standard InChI is InChI=1S/C6H8N4O2/c1-2-3-12-9-6(11)5-4-7-10-8-5/h2,4H,1,3H2,(H,9,11)(H,7,8,10). The first-order valence-electron chi connectivity index (χ1n) is 3.23. The Hall–Kier alpha value is -1.69. The Morgan fingerprint density at radius 3 is 3.33 bits per heavy atom. The van der Waals surface area contributed by atoms with Crippen molar-refractivity contribution in [3.63, 3.8) is 0 Å². The molecule has 64 valence electrons. The van der Waals surface area contributed by atoms with Crippen LogP contribution in [-0.4, -0.2) is 27.9 Å². The third kappa shape index (κ3) is 2.17. The summed E-state index contributed by atoms with van der Waals surface area (Å²) in [6, 6.07) is 0. The first-order chi connectivity index (χ1) is 5.84. The number of nitrogens with zero attached hydrogens (tertiary/aromatic N) is 2. The second-order valence-electron chi connectivity index (χ2n) is 1.89. The van der Waals surface area contributed by atoms with E-state index in [1.807, 2.05) is 0 Å². The van der Waals surface area contributed by atoms with Crippen LogP contribution in [-0.2, 0) is 4.84 Å². The summed E-state index contributed by atoms with van der Waals surface area (Å²) in [5.74, 6) is -0.439. The number of carbonyl (C=O) groups is 1. The molecule has 6 heteroatoms. The lowest BCUT2D eigenvalue weighted by Gasteiger charge is -1.98. The predicted octanol–water partition coefficient (Wildman–Crippen LogP) is -0.348. The van der Waals surface area contributed by atoms with Gasteiger partial charge in [-0.05, 0) is 0 Å². The molecule has 1 aromatic rings. The van der Waals surface area contributed by atoms with Crippen molar-refractivity contribution in [1.82, 2.24) is 20.9 Å². The van der Waals surface area contributed by atoms with Crippen molar-refractivity contribution in [2.24, 2.45) is 0 Å². The molecule has 6 nitrogen and oxygen atoms in total. The number of hydroxylamine groups is 1. The van der Waals surface area contributed by atoms with E-state index in [9.17, 15) is 4.79 Å². The highest BCUT2D eigenvalue weighted by atomic mass is 16.6. The molecule has 0 bridgehead atoms. The van der Waals surface area contributed by atoms with Crippen LogP contribution >= 0.6 is 0 Å². The average molecular weight is 168 g/mol. The number of nitrogens with one attached hydrogen (secondary N) is 2. The minimum atomic E-state index is -0.439. The van der Waals surface area contributed by atoms with Crippen molar-refractivity contribution >= 4 is 5.91 Å². The molecule has 0 fully saturated rings. The van der Waals surface area contributed by atoms with E-state index in [-0.39, 0.29) is 12.3 Å². The molecule has 0 atom stereocenters. The van der Waals surface area contributed by atoms with Gasteiger partial charge in [0.2, 0.25) is 0 Å².